The molecule has 0 unspecified atom stereocenters. The standard InChI is InChI=1S/C13H15ClF3NO6S/c14-11-8-10(24-25(21,22)13(15,16)17)2-1-9(11)7-12(20)18-3-5-23-6-4-19/h1-2,8,19H,3-7H2,(H,18,20). The summed E-state index contributed by atoms with van der Waals surface area (Å²) in [5.74, 6) is -1.05. The molecule has 1 aromatic rings. The van der Waals surface area contributed by atoms with Gasteiger partial charge < -0.3 is 19.3 Å². The van der Waals surface area contributed by atoms with Gasteiger partial charge in [0.2, 0.25) is 5.91 Å². The first-order chi connectivity index (χ1) is 11.6. The molecule has 0 aromatic heterocycles. The molecular weight excluding hydrogens is 391 g/mol. The summed E-state index contributed by atoms with van der Waals surface area (Å²) in [6.45, 7) is 0.398. The van der Waals surface area contributed by atoms with Crippen molar-refractivity contribution >= 4 is 27.6 Å². The molecule has 0 bridgehead atoms. The SMILES string of the molecule is O=C(Cc1ccc(OS(=O)(=O)C(F)(F)F)cc1Cl)NCCOCCO. The van der Waals surface area contributed by atoms with E-state index in [2.05, 4.69) is 9.50 Å². The van der Waals surface area contributed by atoms with Crippen molar-refractivity contribution in [3.8, 4) is 5.75 Å². The van der Waals surface area contributed by atoms with Crippen molar-refractivity contribution < 1.29 is 40.4 Å². The minimum Gasteiger partial charge on any atom is -0.394 e. The molecule has 0 fully saturated rings. The third-order valence-corrected chi connectivity index (χ3v) is 4.00. The Morgan fingerprint density at radius 3 is 2.52 bits per heavy atom. The van der Waals surface area contributed by atoms with Gasteiger partial charge in [-0.05, 0) is 11.6 Å². The van der Waals surface area contributed by atoms with Crippen LogP contribution in [0.1, 0.15) is 5.56 Å². The lowest BCUT2D eigenvalue weighted by Crippen LogP contribution is -2.29. The molecule has 12 heteroatoms. The number of halogens is 4. The number of hydrogen-bond donors (Lipinski definition) is 2. The minimum atomic E-state index is -5.79. The quantitative estimate of drug-likeness (QED) is 0.364. The van der Waals surface area contributed by atoms with E-state index in [1.165, 1.54) is 6.07 Å². The van der Waals surface area contributed by atoms with E-state index in [0.717, 1.165) is 12.1 Å². The second-order valence-electron chi connectivity index (χ2n) is 4.60. The van der Waals surface area contributed by atoms with E-state index in [1.807, 2.05) is 0 Å². The highest BCUT2D eigenvalue weighted by atomic mass is 35.5. The van der Waals surface area contributed by atoms with Crippen LogP contribution in [0.4, 0.5) is 13.2 Å². The van der Waals surface area contributed by atoms with Gasteiger partial charge >= 0.3 is 15.6 Å². The Hall–Kier alpha value is -1.56. The van der Waals surface area contributed by atoms with Crippen LogP contribution >= 0.6 is 11.6 Å². The van der Waals surface area contributed by atoms with Crippen molar-refractivity contribution in [1.29, 1.82) is 0 Å². The van der Waals surface area contributed by atoms with Crippen LogP contribution in [0.3, 0.4) is 0 Å². The van der Waals surface area contributed by atoms with E-state index in [9.17, 15) is 26.4 Å². The maximum absolute atomic E-state index is 12.2. The molecule has 7 nitrogen and oxygen atoms in total. The van der Waals surface area contributed by atoms with Crippen LogP contribution in [0.15, 0.2) is 18.2 Å². The highest BCUT2D eigenvalue weighted by Crippen LogP contribution is 2.29. The number of carbonyl (C=O) groups excluding carboxylic acids is 1. The number of aliphatic hydroxyl groups excluding tert-OH is 1. The number of carbonyl (C=O) groups is 1. The highest BCUT2D eigenvalue weighted by molar-refractivity contribution is 7.88. The molecule has 0 spiro atoms. The zero-order valence-electron chi connectivity index (χ0n) is 12.7. The Morgan fingerprint density at radius 1 is 1.28 bits per heavy atom. The normalized spacial score (nSPS) is 12.0. The number of ether oxygens (including phenoxy) is 1. The third kappa shape index (κ3) is 7.06. The molecule has 1 rings (SSSR count). The highest BCUT2D eigenvalue weighted by Gasteiger charge is 2.48. The molecule has 25 heavy (non-hydrogen) atoms. The molecule has 0 saturated heterocycles. The van der Waals surface area contributed by atoms with Crippen LogP contribution < -0.4 is 9.50 Å². The maximum atomic E-state index is 12.2. The van der Waals surface area contributed by atoms with Crippen molar-refractivity contribution in [1.82, 2.24) is 5.32 Å². The topological polar surface area (TPSA) is 102 Å². The molecular formula is C13H15ClF3NO6S. The van der Waals surface area contributed by atoms with Crippen molar-refractivity contribution in [3.63, 3.8) is 0 Å². The Balaban J connectivity index is 2.63. The third-order valence-electron chi connectivity index (χ3n) is 2.67. The number of amides is 1. The molecule has 0 radical (unpaired) electrons. The van der Waals surface area contributed by atoms with Crippen LogP contribution in [0.25, 0.3) is 0 Å². The minimum absolute atomic E-state index is 0.124. The Bertz CT molecular complexity index is 695. The second kappa shape index (κ2) is 9.22. The van der Waals surface area contributed by atoms with E-state index in [-0.39, 0.29) is 43.4 Å². The number of benzene rings is 1. The zero-order chi connectivity index (χ0) is 19.1. The van der Waals surface area contributed by atoms with Gasteiger partial charge in [0.15, 0.2) is 0 Å². The number of alkyl halides is 3. The fourth-order valence-corrected chi connectivity index (χ4v) is 2.25. The second-order valence-corrected chi connectivity index (χ2v) is 6.54. The van der Waals surface area contributed by atoms with E-state index < -0.39 is 27.3 Å². The average molecular weight is 406 g/mol. The largest absolute Gasteiger partial charge is 0.534 e. The maximum Gasteiger partial charge on any atom is 0.534 e. The molecule has 0 atom stereocenters. The van der Waals surface area contributed by atoms with Gasteiger partial charge in [0.25, 0.3) is 0 Å². The van der Waals surface area contributed by atoms with Gasteiger partial charge in [-0.15, -0.1) is 0 Å². The van der Waals surface area contributed by atoms with Gasteiger partial charge in [-0.25, -0.2) is 0 Å². The monoisotopic (exact) mass is 405 g/mol. The van der Waals surface area contributed by atoms with Crippen LogP contribution in [-0.2, 0) is 26.1 Å². The molecule has 0 aliphatic heterocycles. The van der Waals surface area contributed by atoms with Crippen LogP contribution in [0.2, 0.25) is 5.02 Å². The fraction of sp³-hybridized carbons (Fsp3) is 0.462. The first-order valence-corrected chi connectivity index (χ1v) is 8.60. The van der Waals surface area contributed by atoms with Crippen molar-refractivity contribution in [2.24, 2.45) is 0 Å². The van der Waals surface area contributed by atoms with Crippen molar-refractivity contribution in [2.75, 3.05) is 26.4 Å². The predicted molar refractivity (Wildman–Crippen MR) is 81.7 cm³/mol. The lowest BCUT2D eigenvalue weighted by atomic mass is 10.1. The lowest BCUT2D eigenvalue weighted by molar-refractivity contribution is -0.120. The Morgan fingerprint density at radius 2 is 1.96 bits per heavy atom. The molecule has 0 saturated carbocycles. The molecule has 142 valence electrons. The molecule has 0 heterocycles. The van der Waals surface area contributed by atoms with E-state index >= 15 is 0 Å². The predicted octanol–water partition coefficient (Wildman–Crippen LogP) is 1.24. The lowest BCUT2D eigenvalue weighted by Gasteiger charge is -2.11. The zero-order valence-corrected chi connectivity index (χ0v) is 14.2. The van der Waals surface area contributed by atoms with Crippen LogP contribution in [0.5, 0.6) is 5.75 Å². The summed E-state index contributed by atoms with van der Waals surface area (Å²) in [6.07, 6.45) is -0.175. The number of hydrogen-bond acceptors (Lipinski definition) is 6. The van der Waals surface area contributed by atoms with Gasteiger partial charge in [-0.3, -0.25) is 4.79 Å². The number of nitrogens with one attached hydrogen (secondary N) is 1. The van der Waals surface area contributed by atoms with E-state index in [4.69, 9.17) is 21.4 Å². The van der Waals surface area contributed by atoms with Crippen molar-refractivity contribution in [3.05, 3.63) is 28.8 Å². The Labute approximate surface area is 146 Å². The van der Waals surface area contributed by atoms with Crippen molar-refractivity contribution in [2.45, 2.75) is 11.9 Å². The summed E-state index contributed by atoms with van der Waals surface area (Å²) < 4.78 is 67.4. The fourth-order valence-electron chi connectivity index (χ4n) is 1.56. The molecule has 0 aliphatic rings. The van der Waals surface area contributed by atoms with Gasteiger partial charge in [0.1, 0.15) is 5.75 Å². The van der Waals surface area contributed by atoms with Gasteiger partial charge in [0.05, 0.1) is 26.2 Å². The first-order valence-electron chi connectivity index (χ1n) is 6.81. The summed E-state index contributed by atoms with van der Waals surface area (Å²) in [5, 5.41) is 10.9. The summed E-state index contributed by atoms with van der Waals surface area (Å²) in [6, 6.07) is 3.02. The average Bonchev–Trinajstić information content (AvgIpc) is 2.48. The molecule has 0 aliphatic carbocycles. The van der Waals surface area contributed by atoms with Crippen LogP contribution in [0, 0.1) is 0 Å². The van der Waals surface area contributed by atoms with Gasteiger partial charge in [0, 0.05) is 17.6 Å². The summed E-state index contributed by atoms with van der Waals surface area (Å²) in [4.78, 5) is 11.7. The van der Waals surface area contributed by atoms with Gasteiger partial charge in [-0.2, -0.15) is 21.6 Å². The van der Waals surface area contributed by atoms with Gasteiger partial charge in [-0.1, -0.05) is 17.7 Å². The molecule has 2 N–H and O–H groups in total. The summed E-state index contributed by atoms with van der Waals surface area (Å²) in [5.41, 5.74) is -5.29. The smallest absolute Gasteiger partial charge is 0.394 e. The Kier molecular flexibility index (Phi) is 7.93. The number of aliphatic hydroxyl groups is 1. The van der Waals surface area contributed by atoms with E-state index in [0.29, 0.717) is 0 Å². The molecule has 1 amide bonds. The van der Waals surface area contributed by atoms with E-state index in [1.54, 1.807) is 0 Å². The summed E-state index contributed by atoms with van der Waals surface area (Å²) >= 11 is 5.83. The molecule has 1 aromatic carbocycles. The summed E-state index contributed by atoms with van der Waals surface area (Å²) in [7, 11) is -5.79. The van der Waals surface area contributed by atoms with Crippen LogP contribution in [-0.4, -0.2) is 51.3 Å². The first kappa shape index (κ1) is 21.5. The number of rotatable bonds is 9.